The Kier molecular flexibility index (Phi) is 6.45. The molecule has 1 aromatic rings. The van der Waals surface area contributed by atoms with Gasteiger partial charge < -0.3 is 16.2 Å². The molecule has 1 rings (SSSR count). The highest BCUT2D eigenvalue weighted by Gasteiger charge is 2.24. The van der Waals surface area contributed by atoms with Crippen LogP contribution < -0.4 is 11.5 Å². The van der Waals surface area contributed by atoms with Crippen molar-refractivity contribution >= 4 is 11.9 Å². The molecule has 0 spiro atoms. The maximum Gasteiger partial charge on any atom is 0.330 e. The first-order valence-corrected chi connectivity index (χ1v) is 6.81. The van der Waals surface area contributed by atoms with Gasteiger partial charge in [-0.1, -0.05) is 32.0 Å². The lowest BCUT2D eigenvalue weighted by molar-refractivity contribution is -0.161. The molecule has 116 valence electrons. The predicted molar refractivity (Wildman–Crippen MR) is 76.6 cm³/mol. The van der Waals surface area contributed by atoms with E-state index in [0.717, 1.165) is 0 Å². The molecule has 0 radical (unpaired) electrons. The fraction of sp³-hybridized carbons (Fsp3) is 0.467. The minimum atomic E-state index is -1.11. The number of carbonyl (C=O) groups is 2. The Morgan fingerprint density at radius 2 is 1.71 bits per heavy atom. The monoisotopic (exact) mass is 296 g/mol. The molecule has 4 N–H and O–H groups in total. The third-order valence-electron chi connectivity index (χ3n) is 2.93. The minimum absolute atomic E-state index is 0.0434. The van der Waals surface area contributed by atoms with Crippen LogP contribution in [-0.2, 0) is 20.7 Å². The molecule has 21 heavy (non-hydrogen) atoms. The van der Waals surface area contributed by atoms with E-state index in [0.29, 0.717) is 12.0 Å². The Morgan fingerprint density at radius 3 is 2.29 bits per heavy atom. The van der Waals surface area contributed by atoms with Gasteiger partial charge in [-0.15, -0.1) is 0 Å². The highest BCUT2D eigenvalue weighted by molar-refractivity contribution is 5.90. The van der Waals surface area contributed by atoms with Crippen LogP contribution in [0.3, 0.4) is 0 Å². The van der Waals surface area contributed by atoms with Crippen LogP contribution >= 0.6 is 0 Å². The molecule has 1 aromatic carbocycles. The van der Waals surface area contributed by atoms with E-state index in [1.807, 2.05) is 13.8 Å². The molecule has 0 heterocycles. The number of halogens is 1. The summed E-state index contributed by atoms with van der Waals surface area (Å²) in [5.41, 5.74) is 11.5. The number of esters is 2. The van der Waals surface area contributed by atoms with Gasteiger partial charge in [0.2, 0.25) is 0 Å². The molecule has 0 aliphatic carbocycles. The molecular weight excluding hydrogens is 275 g/mol. The lowest BCUT2D eigenvalue weighted by Gasteiger charge is -2.15. The van der Waals surface area contributed by atoms with Crippen LogP contribution in [0.15, 0.2) is 24.3 Å². The number of hydrogen-bond donors (Lipinski definition) is 2. The van der Waals surface area contributed by atoms with E-state index in [1.165, 1.54) is 18.2 Å². The Morgan fingerprint density at radius 1 is 1.14 bits per heavy atom. The summed E-state index contributed by atoms with van der Waals surface area (Å²) >= 11 is 0. The van der Waals surface area contributed by atoms with Crippen LogP contribution in [-0.4, -0.2) is 24.0 Å². The van der Waals surface area contributed by atoms with Crippen molar-refractivity contribution in [3.8, 4) is 0 Å². The summed E-state index contributed by atoms with van der Waals surface area (Å²) in [6.45, 7) is 3.80. The van der Waals surface area contributed by atoms with Gasteiger partial charge in [-0.25, -0.2) is 14.0 Å². The second-order valence-corrected chi connectivity index (χ2v) is 5.38. The molecule has 5 nitrogen and oxygen atoms in total. The SMILES string of the molecule is CC(C)C[C@H](N)C(=O)OC(=O)[C@@H](N)Cc1ccccc1F. The van der Waals surface area contributed by atoms with Gasteiger partial charge >= 0.3 is 11.9 Å². The number of carbonyl (C=O) groups excluding carboxylic acids is 2. The zero-order valence-corrected chi connectivity index (χ0v) is 12.2. The fourth-order valence-corrected chi connectivity index (χ4v) is 1.84. The van der Waals surface area contributed by atoms with Gasteiger partial charge in [0.05, 0.1) is 0 Å². The van der Waals surface area contributed by atoms with Gasteiger partial charge in [-0.3, -0.25) is 0 Å². The van der Waals surface area contributed by atoms with E-state index in [4.69, 9.17) is 11.5 Å². The van der Waals surface area contributed by atoms with Crippen molar-refractivity contribution in [3.63, 3.8) is 0 Å². The molecule has 6 heteroatoms. The number of hydrogen-bond acceptors (Lipinski definition) is 5. The quantitative estimate of drug-likeness (QED) is 0.606. The van der Waals surface area contributed by atoms with Gasteiger partial charge in [0.15, 0.2) is 0 Å². The van der Waals surface area contributed by atoms with E-state index >= 15 is 0 Å². The zero-order chi connectivity index (χ0) is 16.0. The Labute approximate surface area is 123 Å². The van der Waals surface area contributed by atoms with Crippen molar-refractivity contribution in [1.29, 1.82) is 0 Å². The van der Waals surface area contributed by atoms with Gasteiger partial charge in [-0.2, -0.15) is 0 Å². The van der Waals surface area contributed by atoms with Crippen molar-refractivity contribution in [2.75, 3.05) is 0 Å². The van der Waals surface area contributed by atoms with Gasteiger partial charge in [-0.05, 0) is 24.0 Å². The Balaban J connectivity index is 2.55. The number of ether oxygens (including phenoxy) is 1. The third-order valence-corrected chi connectivity index (χ3v) is 2.93. The van der Waals surface area contributed by atoms with Crippen molar-refractivity contribution in [2.45, 2.75) is 38.8 Å². The van der Waals surface area contributed by atoms with Crippen LogP contribution in [0.1, 0.15) is 25.8 Å². The molecule has 0 fully saturated rings. The smallest absolute Gasteiger partial charge is 0.330 e. The number of nitrogens with two attached hydrogens (primary N) is 2. The molecule has 0 saturated heterocycles. The molecule has 0 unspecified atom stereocenters. The average Bonchev–Trinajstić information content (AvgIpc) is 2.40. The Bertz CT molecular complexity index is 505. The summed E-state index contributed by atoms with van der Waals surface area (Å²) < 4.78 is 18.1. The third kappa shape index (κ3) is 5.61. The van der Waals surface area contributed by atoms with Gasteiger partial charge in [0.25, 0.3) is 0 Å². The average molecular weight is 296 g/mol. The lowest BCUT2D eigenvalue weighted by atomic mass is 10.0. The van der Waals surface area contributed by atoms with E-state index in [9.17, 15) is 14.0 Å². The minimum Gasteiger partial charge on any atom is -0.391 e. The van der Waals surface area contributed by atoms with Crippen molar-refractivity contribution < 1.29 is 18.7 Å². The first-order valence-electron chi connectivity index (χ1n) is 6.81. The van der Waals surface area contributed by atoms with Crippen LogP contribution in [0.4, 0.5) is 4.39 Å². The van der Waals surface area contributed by atoms with E-state index in [2.05, 4.69) is 4.74 Å². The predicted octanol–water partition coefficient (Wildman–Crippen LogP) is 1.14. The van der Waals surface area contributed by atoms with E-state index in [-0.39, 0.29) is 12.3 Å². The normalized spacial score (nSPS) is 13.8. The summed E-state index contributed by atoms with van der Waals surface area (Å²) in [7, 11) is 0. The zero-order valence-electron chi connectivity index (χ0n) is 12.2. The highest BCUT2D eigenvalue weighted by Crippen LogP contribution is 2.10. The standard InChI is InChI=1S/C15H21FN2O3/c1-9(2)7-12(17)14(19)21-15(20)13(18)8-10-5-3-4-6-11(10)16/h3-6,9,12-13H,7-8,17-18H2,1-2H3/t12-,13-/m0/s1. The summed E-state index contributed by atoms with van der Waals surface area (Å²) in [5.74, 6) is -1.96. The molecule has 0 bridgehead atoms. The Hall–Kier alpha value is -1.79. The highest BCUT2D eigenvalue weighted by atomic mass is 19.1. The van der Waals surface area contributed by atoms with E-state index in [1.54, 1.807) is 6.07 Å². The summed E-state index contributed by atoms with van der Waals surface area (Å²) in [4.78, 5) is 23.3. The second-order valence-electron chi connectivity index (χ2n) is 5.38. The van der Waals surface area contributed by atoms with Crippen LogP contribution in [0.5, 0.6) is 0 Å². The van der Waals surface area contributed by atoms with Crippen LogP contribution in [0, 0.1) is 11.7 Å². The second kappa shape index (κ2) is 7.85. The number of benzene rings is 1. The van der Waals surface area contributed by atoms with Crippen LogP contribution in [0.2, 0.25) is 0 Å². The summed E-state index contributed by atoms with van der Waals surface area (Å²) in [5, 5.41) is 0. The lowest BCUT2D eigenvalue weighted by Crippen LogP contribution is -2.41. The van der Waals surface area contributed by atoms with Crippen LogP contribution in [0.25, 0.3) is 0 Å². The first kappa shape index (κ1) is 17.3. The maximum absolute atomic E-state index is 13.5. The van der Waals surface area contributed by atoms with Crippen molar-refractivity contribution in [3.05, 3.63) is 35.6 Å². The maximum atomic E-state index is 13.5. The molecule has 0 aliphatic heterocycles. The van der Waals surface area contributed by atoms with E-state index < -0.39 is 29.8 Å². The summed E-state index contributed by atoms with van der Waals surface area (Å²) in [6, 6.07) is 4.00. The topological polar surface area (TPSA) is 95.4 Å². The number of rotatable bonds is 6. The first-order chi connectivity index (χ1) is 9.81. The van der Waals surface area contributed by atoms with Crippen molar-refractivity contribution in [1.82, 2.24) is 0 Å². The van der Waals surface area contributed by atoms with Gasteiger partial charge in [0, 0.05) is 6.42 Å². The van der Waals surface area contributed by atoms with Gasteiger partial charge in [0.1, 0.15) is 17.9 Å². The summed E-state index contributed by atoms with van der Waals surface area (Å²) in [6.07, 6.45) is 0.368. The molecule has 0 amide bonds. The largest absolute Gasteiger partial charge is 0.391 e. The molecule has 0 aliphatic rings. The molecular formula is C15H21FN2O3. The van der Waals surface area contributed by atoms with Crippen molar-refractivity contribution in [2.24, 2.45) is 17.4 Å². The molecule has 0 saturated carbocycles. The molecule has 0 aromatic heterocycles. The fourth-order valence-electron chi connectivity index (χ4n) is 1.84. The molecule has 2 atom stereocenters.